The SMILES string of the molecule is Cc1ccccc1N(CC(=O)N/N=C\c1ccccc1OCc1ccccc1)S(=O)(=O)c1ccccc1. The minimum atomic E-state index is -3.99. The zero-order valence-electron chi connectivity index (χ0n) is 20.3. The molecule has 0 spiro atoms. The summed E-state index contributed by atoms with van der Waals surface area (Å²) in [4.78, 5) is 12.9. The Morgan fingerprint density at radius 3 is 2.22 bits per heavy atom. The maximum atomic E-state index is 13.4. The van der Waals surface area contributed by atoms with Crippen LogP contribution in [-0.2, 0) is 21.4 Å². The van der Waals surface area contributed by atoms with Crippen molar-refractivity contribution < 1.29 is 17.9 Å². The second kappa shape index (κ2) is 12.0. The van der Waals surface area contributed by atoms with Crippen LogP contribution in [0.15, 0.2) is 119 Å². The molecule has 0 heterocycles. The van der Waals surface area contributed by atoms with Gasteiger partial charge in [-0.2, -0.15) is 5.10 Å². The van der Waals surface area contributed by atoms with Crippen LogP contribution in [0.25, 0.3) is 0 Å². The topological polar surface area (TPSA) is 88.1 Å². The first-order valence-corrected chi connectivity index (χ1v) is 13.1. The minimum Gasteiger partial charge on any atom is -0.488 e. The van der Waals surface area contributed by atoms with Crippen LogP contribution in [0.5, 0.6) is 5.75 Å². The van der Waals surface area contributed by atoms with E-state index in [0.29, 0.717) is 23.6 Å². The third-order valence-corrected chi connectivity index (χ3v) is 7.33. The van der Waals surface area contributed by atoms with Gasteiger partial charge in [0, 0.05) is 5.56 Å². The number of nitrogens with zero attached hydrogens (tertiary/aromatic N) is 2. The van der Waals surface area contributed by atoms with Gasteiger partial charge in [-0.15, -0.1) is 0 Å². The monoisotopic (exact) mass is 513 g/mol. The van der Waals surface area contributed by atoms with Crippen molar-refractivity contribution in [2.45, 2.75) is 18.4 Å². The van der Waals surface area contributed by atoms with E-state index in [-0.39, 0.29) is 4.90 Å². The van der Waals surface area contributed by atoms with Crippen molar-refractivity contribution in [1.29, 1.82) is 0 Å². The van der Waals surface area contributed by atoms with E-state index in [1.807, 2.05) is 60.7 Å². The largest absolute Gasteiger partial charge is 0.488 e. The number of nitrogens with one attached hydrogen (secondary N) is 1. The molecule has 4 aromatic carbocycles. The molecule has 0 aliphatic carbocycles. The summed E-state index contributed by atoms with van der Waals surface area (Å²) in [5.41, 5.74) is 5.29. The van der Waals surface area contributed by atoms with Gasteiger partial charge in [0.1, 0.15) is 18.9 Å². The lowest BCUT2D eigenvalue weighted by Crippen LogP contribution is -2.40. The van der Waals surface area contributed by atoms with E-state index in [1.165, 1.54) is 18.3 Å². The van der Waals surface area contributed by atoms with Crippen molar-refractivity contribution in [3.63, 3.8) is 0 Å². The molecule has 8 heteroatoms. The van der Waals surface area contributed by atoms with Crippen LogP contribution in [0.2, 0.25) is 0 Å². The van der Waals surface area contributed by atoms with Gasteiger partial charge in [-0.25, -0.2) is 13.8 Å². The Morgan fingerprint density at radius 1 is 0.865 bits per heavy atom. The molecule has 0 atom stereocenters. The second-order valence-electron chi connectivity index (χ2n) is 8.22. The van der Waals surface area contributed by atoms with Crippen molar-refractivity contribution in [3.8, 4) is 5.75 Å². The Bertz CT molecular complexity index is 1470. The number of benzene rings is 4. The third-order valence-electron chi connectivity index (χ3n) is 5.55. The van der Waals surface area contributed by atoms with Gasteiger partial charge in [0.05, 0.1) is 16.8 Å². The fourth-order valence-corrected chi connectivity index (χ4v) is 5.16. The molecule has 188 valence electrons. The number of hydrogen-bond donors (Lipinski definition) is 1. The molecule has 37 heavy (non-hydrogen) atoms. The van der Waals surface area contributed by atoms with E-state index in [0.717, 1.165) is 15.4 Å². The first-order chi connectivity index (χ1) is 17.9. The number of hydrogen-bond acceptors (Lipinski definition) is 5. The third kappa shape index (κ3) is 6.62. The van der Waals surface area contributed by atoms with E-state index in [1.54, 1.807) is 43.3 Å². The molecule has 0 saturated heterocycles. The second-order valence-corrected chi connectivity index (χ2v) is 10.1. The zero-order valence-corrected chi connectivity index (χ0v) is 21.1. The number of sulfonamides is 1. The smallest absolute Gasteiger partial charge is 0.264 e. The van der Waals surface area contributed by atoms with E-state index < -0.39 is 22.5 Å². The lowest BCUT2D eigenvalue weighted by atomic mass is 10.2. The molecule has 0 aliphatic rings. The molecule has 1 amide bonds. The Hall–Kier alpha value is -4.43. The Balaban J connectivity index is 1.49. The molecule has 4 aromatic rings. The number of anilines is 1. The first-order valence-electron chi connectivity index (χ1n) is 11.7. The predicted octanol–water partition coefficient (Wildman–Crippen LogP) is 4.92. The predicted molar refractivity (Wildman–Crippen MR) is 145 cm³/mol. The average molecular weight is 514 g/mol. The van der Waals surface area contributed by atoms with Crippen LogP contribution in [0, 0.1) is 6.92 Å². The summed E-state index contributed by atoms with van der Waals surface area (Å²) in [6, 6.07) is 32.1. The van der Waals surface area contributed by atoms with Crippen molar-refractivity contribution in [2.75, 3.05) is 10.8 Å². The molecular weight excluding hydrogens is 486 g/mol. The lowest BCUT2D eigenvalue weighted by Gasteiger charge is -2.25. The van der Waals surface area contributed by atoms with E-state index >= 15 is 0 Å². The molecule has 0 bridgehead atoms. The van der Waals surface area contributed by atoms with E-state index in [2.05, 4.69) is 10.5 Å². The number of hydrazone groups is 1. The van der Waals surface area contributed by atoms with E-state index in [9.17, 15) is 13.2 Å². The van der Waals surface area contributed by atoms with Crippen LogP contribution in [0.4, 0.5) is 5.69 Å². The van der Waals surface area contributed by atoms with Gasteiger partial charge in [-0.1, -0.05) is 78.9 Å². The number of rotatable bonds is 10. The van der Waals surface area contributed by atoms with Crippen LogP contribution in [-0.4, -0.2) is 27.1 Å². The summed E-state index contributed by atoms with van der Waals surface area (Å²) in [7, 11) is -3.99. The molecule has 0 aliphatic heterocycles. The maximum Gasteiger partial charge on any atom is 0.264 e. The Morgan fingerprint density at radius 2 is 1.49 bits per heavy atom. The highest BCUT2D eigenvalue weighted by Gasteiger charge is 2.28. The van der Waals surface area contributed by atoms with Gasteiger partial charge in [0.25, 0.3) is 15.9 Å². The molecule has 7 nitrogen and oxygen atoms in total. The highest BCUT2D eigenvalue weighted by molar-refractivity contribution is 7.92. The quantitative estimate of drug-likeness (QED) is 0.241. The number of ether oxygens (including phenoxy) is 1. The molecule has 0 fully saturated rings. The molecular formula is C29H27N3O4S. The first kappa shape index (κ1) is 25.7. The zero-order chi connectivity index (χ0) is 26.1. The number of carbonyl (C=O) groups excluding carboxylic acids is 1. The average Bonchev–Trinajstić information content (AvgIpc) is 2.93. The number of para-hydroxylation sites is 2. The summed E-state index contributed by atoms with van der Waals surface area (Å²) in [6.07, 6.45) is 1.47. The number of amides is 1. The van der Waals surface area contributed by atoms with Crippen molar-refractivity contribution in [3.05, 3.63) is 126 Å². The van der Waals surface area contributed by atoms with Gasteiger partial charge < -0.3 is 4.74 Å². The summed E-state index contributed by atoms with van der Waals surface area (Å²) in [5, 5.41) is 4.06. The van der Waals surface area contributed by atoms with Gasteiger partial charge in [0.15, 0.2) is 0 Å². The van der Waals surface area contributed by atoms with Gasteiger partial charge in [-0.3, -0.25) is 9.10 Å². The molecule has 0 unspecified atom stereocenters. The molecule has 4 rings (SSSR count). The molecule has 0 saturated carbocycles. The summed E-state index contributed by atoms with van der Waals surface area (Å²) >= 11 is 0. The Kier molecular flexibility index (Phi) is 8.33. The van der Waals surface area contributed by atoms with Crippen LogP contribution >= 0.6 is 0 Å². The Labute approximate surface area is 217 Å². The summed E-state index contributed by atoms with van der Waals surface area (Å²) in [5.74, 6) is 0.0271. The molecule has 1 N–H and O–H groups in total. The van der Waals surface area contributed by atoms with Gasteiger partial charge in [-0.05, 0) is 48.4 Å². The fraction of sp³-hybridized carbons (Fsp3) is 0.103. The van der Waals surface area contributed by atoms with Crippen molar-refractivity contribution in [2.24, 2.45) is 5.10 Å². The van der Waals surface area contributed by atoms with Crippen LogP contribution in [0.1, 0.15) is 16.7 Å². The van der Waals surface area contributed by atoms with Gasteiger partial charge >= 0.3 is 0 Å². The minimum absolute atomic E-state index is 0.0963. The van der Waals surface area contributed by atoms with Crippen molar-refractivity contribution >= 4 is 27.8 Å². The fourth-order valence-electron chi connectivity index (χ4n) is 3.66. The van der Waals surface area contributed by atoms with Crippen molar-refractivity contribution in [1.82, 2.24) is 5.43 Å². The summed E-state index contributed by atoms with van der Waals surface area (Å²) in [6.45, 7) is 1.75. The highest BCUT2D eigenvalue weighted by Crippen LogP contribution is 2.26. The normalized spacial score (nSPS) is 11.3. The van der Waals surface area contributed by atoms with Crippen LogP contribution in [0.3, 0.4) is 0 Å². The highest BCUT2D eigenvalue weighted by atomic mass is 32.2. The summed E-state index contributed by atoms with van der Waals surface area (Å²) < 4.78 is 33.9. The maximum absolute atomic E-state index is 13.4. The number of carbonyl (C=O) groups is 1. The number of aryl methyl sites for hydroxylation is 1. The lowest BCUT2D eigenvalue weighted by molar-refractivity contribution is -0.119. The van der Waals surface area contributed by atoms with Gasteiger partial charge in [0.2, 0.25) is 0 Å². The van der Waals surface area contributed by atoms with E-state index in [4.69, 9.17) is 4.74 Å². The molecule has 0 radical (unpaired) electrons. The molecule has 0 aromatic heterocycles. The van der Waals surface area contributed by atoms with Crippen LogP contribution < -0.4 is 14.5 Å². The standard InChI is InChI=1S/C29H27N3O4S/c1-23-12-8-10-18-27(23)32(37(34,35)26-16-6-3-7-17-26)21-29(33)31-30-20-25-15-9-11-19-28(25)36-22-24-13-4-2-5-14-24/h2-20H,21-22H2,1H3,(H,31,33)/b30-20-.